The van der Waals surface area contributed by atoms with Gasteiger partial charge in [0.25, 0.3) is 0 Å². The van der Waals surface area contributed by atoms with Gasteiger partial charge >= 0.3 is 12.1 Å². The molecular formula is C9H8F3NO2. The highest BCUT2D eigenvalue weighted by Crippen LogP contribution is 2.16. The fourth-order valence-corrected chi connectivity index (χ4v) is 0.850. The molecular weight excluding hydrogens is 211 g/mol. The summed E-state index contributed by atoms with van der Waals surface area (Å²) in [6, 6.07) is 5.41. The minimum atomic E-state index is -4.51. The van der Waals surface area contributed by atoms with Crippen LogP contribution in [0.4, 0.5) is 18.9 Å². The molecule has 0 amide bonds. The van der Waals surface area contributed by atoms with Crippen molar-refractivity contribution in [2.45, 2.75) is 6.18 Å². The summed E-state index contributed by atoms with van der Waals surface area (Å²) in [5.74, 6) is -1.02. The van der Waals surface area contributed by atoms with Gasteiger partial charge < -0.3 is 10.5 Å². The van der Waals surface area contributed by atoms with Crippen molar-refractivity contribution in [2.24, 2.45) is 0 Å². The van der Waals surface area contributed by atoms with Crippen LogP contribution in [0.1, 0.15) is 10.4 Å². The molecule has 0 spiro atoms. The Hall–Kier alpha value is -1.72. The molecule has 0 aromatic heterocycles. The van der Waals surface area contributed by atoms with Gasteiger partial charge in [0, 0.05) is 5.69 Å². The second kappa shape index (κ2) is 4.20. The van der Waals surface area contributed by atoms with Crippen LogP contribution in [0.5, 0.6) is 0 Å². The van der Waals surface area contributed by atoms with Crippen LogP contribution in [0, 0.1) is 0 Å². The Labute approximate surface area is 83.6 Å². The zero-order chi connectivity index (χ0) is 11.5. The van der Waals surface area contributed by atoms with Crippen molar-refractivity contribution in [1.82, 2.24) is 0 Å². The van der Waals surface area contributed by atoms with Crippen molar-refractivity contribution in [3.05, 3.63) is 29.8 Å². The second-order valence-corrected chi connectivity index (χ2v) is 2.81. The fraction of sp³-hybridized carbons (Fsp3) is 0.222. The number of carbonyl (C=O) groups is 1. The van der Waals surface area contributed by atoms with Gasteiger partial charge in [0.1, 0.15) is 0 Å². The van der Waals surface area contributed by atoms with E-state index in [0.29, 0.717) is 5.69 Å². The molecule has 15 heavy (non-hydrogen) atoms. The monoisotopic (exact) mass is 219 g/mol. The number of hydrogen-bond acceptors (Lipinski definition) is 3. The van der Waals surface area contributed by atoms with Gasteiger partial charge in [-0.1, -0.05) is 0 Å². The average Bonchev–Trinajstić information content (AvgIpc) is 2.14. The van der Waals surface area contributed by atoms with Crippen LogP contribution in [0.15, 0.2) is 24.3 Å². The van der Waals surface area contributed by atoms with E-state index in [-0.39, 0.29) is 5.56 Å². The normalized spacial score (nSPS) is 11.1. The standard InChI is InChI=1S/C9H8F3NO2/c10-9(11,12)5-15-8(14)6-1-3-7(13)4-2-6/h1-4H,5,13H2. The topological polar surface area (TPSA) is 52.3 Å². The summed E-state index contributed by atoms with van der Waals surface area (Å²) < 4.78 is 39.1. The summed E-state index contributed by atoms with van der Waals surface area (Å²) >= 11 is 0. The number of carbonyl (C=O) groups excluding carboxylic acids is 1. The zero-order valence-corrected chi connectivity index (χ0v) is 7.54. The Bertz CT molecular complexity index is 345. The molecule has 0 aliphatic heterocycles. The van der Waals surface area contributed by atoms with E-state index in [1.54, 1.807) is 0 Å². The first-order chi connectivity index (χ1) is 6.88. The number of rotatable bonds is 2. The maximum Gasteiger partial charge on any atom is 0.422 e. The van der Waals surface area contributed by atoms with Crippen LogP contribution < -0.4 is 5.73 Å². The third kappa shape index (κ3) is 3.88. The van der Waals surface area contributed by atoms with Crippen molar-refractivity contribution >= 4 is 11.7 Å². The number of ether oxygens (including phenoxy) is 1. The quantitative estimate of drug-likeness (QED) is 0.611. The molecule has 2 N–H and O–H groups in total. The van der Waals surface area contributed by atoms with Gasteiger partial charge in [0.15, 0.2) is 6.61 Å². The maximum atomic E-state index is 11.7. The third-order valence-corrected chi connectivity index (χ3v) is 1.51. The highest BCUT2D eigenvalue weighted by molar-refractivity contribution is 5.89. The number of nitrogens with two attached hydrogens (primary N) is 1. The summed E-state index contributed by atoms with van der Waals surface area (Å²) in [4.78, 5) is 11.0. The molecule has 0 atom stereocenters. The van der Waals surface area contributed by atoms with Crippen LogP contribution in [-0.4, -0.2) is 18.8 Å². The Morgan fingerprint density at radius 3 is 2.27 bits per heavy atom. The molecule has 1 aromatic carbocycles. The van der Waals surface area contributed by atoms with Crippen molar-refractivity contribution in [3.8, 4) is 0 Å². The van der Waals surface area contributed by atoms with Crippen molar-refractivity contribution < 1.29 is 22.7 Å². The molecule has 0 aliphatic rings. The van der Waals surface area contributed by atoms with Crippen molar-refractivity contribution in [1.29, 1.82) is 0 Å². The second-order valence-electron chi connectivity index (χ2n) is 2.81. The predicted molar refractivity (Wildman–Crippen MR) is 47.2 cm³/mol. The van der Waals surface area contributed by atoms with Crippen LogP contribution in [0.2, 0.25) is 0 Å². The third-order valence-electron chi connectivity index (χ3n) is 1.51. The lowest BCUT2D eigenvalue weighted by Crippen LogP contribution is -2.20. The van der Waals surface area contributed by atoms with E-state index in [1.807, 2.05) is 0 Å². The van der Waals surface area contributed by atoms with Crippen LogP contribution in [0.25, 0.3) is 0 Å². The fourth-order valence-electron chi connectivity index (χ4n) is 0.850. The van der Waals surface area contributed by atoms with Gasteiger partial charge in [-0.3, -0.25) is 0 Å². The van der Waals surface area contributed by atoms with Gasteiger partial charge in [0.2, 0.25) is 0 Å². The predicted octanol–water partition coefficient (Wildman–Crippen LogP) is 1.99. The Kier molecular flexibility index (Phi) is 3.18. The molecule has 3 nitrogen and oxygen atoms in total. The minimum absolute atomic E-state index is 0.0356. The molecule has 0 heterocycles. The summed E-state index contributed by atoms with van der Waals surface area (Å²) in [6.07, 6.45) is -4.51. The number of nitrogen functional groups attached to an aromatic ring is 1. The van der Waals surface area contributed by atoms with Gasteiger partial charge in [-0.15, -0.1) is 0 Å². The van der Waals surface area contributed by atoms with E-state index in [0.717, 1.165) is 0 Å². The van der Waals surface area contributed by atoms with Gasteiger partial charge in [-0.25, -0.2) is 4.79 Å². The number of benzene rings is 1. The lowest BCUT2D eigenvalue weighted by atomic mass is 10.2. The lowest BCUT2D eigenvalue weighted by molar-refractivity contribution is -0.161. The molecule has 0 fully saturated rings. The first-order valence-electron chi connectivity index (χ1n) is 3.98. The van der Waals surface area contributed by atoms with E-state index >= 15 is 0 Å². The van der Waals surface area contributed by atoms with E-state index in [4.69, 9.17) is 5.73 Å². The highest BCUT2D eigenvalue weighted by Gasteiger charge is 2.29. The van der Waals surface area contributed by atoms with E-state index in [1.165, 1.54) is 24.3 Å². The van der Waals surface area contributed by atoms with Crippen LogP contribution >= 0.6 is 0 Å². The number of esters is 1. The summed E-state index contributed by atoms with van der Waals surface area (Å²) in [5, 5.41) is 0. The number of anilines is 1. The van der Waals surface area contributed by atoms with Gasteiger partial charge in [0.05, 0.1) is 5.56 Å². The maximum absolute atomic E-state index is 11.7. The van der Waals surface area contributed by atoms with E-state index in [9.17, 15) is 18.0 Å². The van der Waals surface area contributed by atoms with Gasteiger partial charge in [-0.2, -0.15) is 13.2 Å². The largest absolute Gasteiger partial charge is 0.452 e. The number of alkyl halides is 3. The molecule has 0 aliphatic carbocycles. The Morgan fingerprint density at radius 1 is 1.27 bits per heavy atom. The molecule has 82 valence electrons. The molecule has 1 aromatic rings. The average molecular weight is 219 g/mol. The Morgan fingerprint density at radius 2 is 1.80 bits per heavy atom. The molecule has 6 heteroatoms. The molecule has 0 unspecified atom stereocenters. The lowest BCUT2D eigenvalue weighted by Gasteiger charge is -2.07. The van der Waals surface area contributed by atoms with Crippen molar-refractivity contribution in [2.75, 3.05) is 12.3 Å². The summed E-state index contributed by atoms with van der Waals surface area (Å²) in [5.41, 5.74) is 5.79. The van der Waals surface area contributed by atoms with Crippen LogP contribution in [0.3, 0.4) is 0 Å². The Balaban J connectivity index is 2.58. The molecule has 0 saturated heterocycles. The number of hydrogen-bond donors (Lipinski definition) is 1. The van der Waals surface area contributed by atoms with E-state index in [2.05, 4.69) is 4.74 Å². The van der Waals surface area contributed by atoms with Gasteiger partial charge in [-0.05, 0) is 24.3 Å². The first kappa shape index (κ1) is 11.4. The van der Waals surface area contributed by atoms with E-state index < -0.39 is 18.8 Å². The first-order valence-corrected chi connectivity index (χ1v) is 3.98. The SMILES string of the molecule is Nc1ccc(C(=O)OCC(F)(F)F)cc1. The smallest absolute Gasteiger partial charge is 0.422 e. The molecule has 0 radical (unpaired) electrons. The molecule has 1 rings (SSSR count). The van der Waals surface area contributed by atoms with Crippen molar-refractivity contribution in [3.63, 3.8) is 0 Å². The highest BCUT2D eigenvalue weighted by atomic mass is 19.4. The summed E-state index contributed by atoms with van der Waals surface area (Å²) in [7, 11) is 0. The molecule has 0 bridgehead atoms. The molecule has 0 saturated carbocycles. The zero-order valence-electron chi connectivity index (χ0n) is 7.54. The minimum Gasteiger partial charge on any atom is -0.452 e. The number of halogens is 3. The van der Waals surface area contributed by atoms with Crippen LogP contribution in [-0.2, 0) is 4.74 Å². The summed E-state index contributed by atoms with van der Waals surface area (Å²) in [6.45, 7) is -1.59.